The molecule has 0 aliphatic heterocycles. The molecule has 1 heterocycles. The van der Waals surface area contributed by atoms with Gasteiger partial charge in [-0.2, -0.15) is 5.10 Å². The molecule has 7 heteroatoms. The van der Waals surface area contributed by atoms with Gasteiger partial charge in [0.25, 0.3) is 5.91 Å². The maximum Gasteiger partial charge on any atom is 0.257 e. The van der Waals surface area contributed by atoms with Crippen molar-refractivity contribution in [1.29, 1.82) is 0 Å². The summed E-state index contributed by atoms with van der Waals surface area (Å²) in [4.78, 5) is 12.5. The van der Waals surface area contributed by atoms with Crippen LogP contribution < -0.4 is 5.32 Å². The quantitative estimate of drug-likeness (QED) is 0.596. The standard InChI is InChI=1S/C19H16Cl3N3O/c1-11-3-6-15(12(2)7-11)19(26)23-18-17(22)10-25(24-18)9-13-4-5-14(20)8-16(13)21/h3-8,10H,9H2,1-2H3,(H,23,24,26). The van der Waals surface area contributed by atoms with Crippen LogP contribution in [-0.4, -0.2) is 15.7 Å². The number of aryl methyl sites for hydroxylation is 2. The molecule has 0 aliphatic carbocycles. The van der Waals surface area contributed by atoms with E-state index in [0.29, 0.717) is 33.0 Å². The first-order valence-electron chi connectivity index (χ1n) is 7.89. The summed E-state index contributed by atoms with van der Waals surface area (Å²) in [5.74, 6) is 0.0564. The Hall–Kier alpha value is -2.01. The van der Waals surface area contributed by atoms with Crippen LogP contribution >= 0.6 is 34.8 Å². The summed E-state index contributed by atoms with van der Waals surface area (Å²) in [5, 5.41) is 8.57. The summed E-state index contributed by atoms with van der Waals surface area (Å²) < 4.78 is 1.62. The van der Waals surface area contributed by atoms with E-state index in [-0.39, 0.29) is 5.91 Å². The molecule has 26 heavy (non-hydrogen) atoms. The maximum atomic E-state index is 12.5. The number of rotatable bonds is 4. The third kappa shape index (κ3) is 4.21. The number of hydrogen-bond donors (Lipinski definition) is 1. The predicted octanol–water partition coefficient (Wildman–Crippen LogP) is 5.76. The first kappa shape index (κ1) is 18.8. The summed E-state index contributed by atoms with van der Waals surface area (Å²) in [6.07, 6.45) is 1.64. The van der Waals surface area contributed by atoms with Crippen molar-refractivity contribution in [2.24, 2.45) is 0 Å². The third-order valence-electron chi connectivity index (χ3n) is 3.92. The normalized spacial score (nSPS) is 10.8. The van der Waals surface area contributed by atoms with Gasteiger partial charge in [-0.25, -0.2) is 0 Å². The summed E-state index contributed by atoms with van der Waals surface area (Å²) in [7, 11) is 0. The third-order valence-corrected chi connectivity index (χ3v) is 4.79. The molecule has 0 atom stereocenters. The summed E-state index contributed by atoms with van der Waals surface area (Å²) in [6, 6.07) is 10.9. The zero-order valence-electron chi connectivity index (χ0n) is 14.2. The summed E-state index contributed by atoms with van der Waals surface area (Å²) in [6.45, 7) is 4.29. The molecule has 0 saturated carbocycles. The first-order chi connectivity index (χ1) is 12.3. The minimum Gasteiger partial charge on any atom is -0.304 e. The van der Waals surface area contributed by atoms with E-state index >= 15 is 0 Å². The van der Waals surface area contributed by atoms with E-state index in [2.05, 4.69) is 10.4 Å². The van der Waals surface area contributed by atoms with Gasteiger partial charge in [0.05, 0.1) is 6.54 Å². The highest BCUT2D eigenvalue weighted by atomic mass is 35.5. The highest BCUT2D eigenvalue weighted by Crippen LogP contribution is 2.25. The van der Waals surface area contributed by atoms with Gasteiger partial charge in [0.1, 0.15) is 5.02 Å². The average Bonchev–Trinajstić information content (AvgIpc) is 2.89. The maximum absolute atomic E-state index is 12.5. The number of aromatic nitrogens is 2. The number of nitrogens with zero attached hydrogens (tertiary/aromatic N) is 2. The first-order valence-corrected chi connectivity index (χ1v) is 9.02. The van der Waals surface area contributed by atoms with Crippen LogP contribution in [0.5, 0.6) is 0 Å². The van der Waals surface area contributed by atoms with Gasteiger partial charge < -0.3 is 5.32 Å². The van der Waals surface area contributed by atoms with E-state index in [9.17, 15) is 4.79 Å². The largest absolute Gasteiger partial charge is 0.304 e. The van der Waals surface area contributed by atoms with E-state index in [1.54, 1.807) is 29.1 Å². The predicted molar refractivity (Wildman–Crippen MR) is 107 cm³/mol. The number of carbonyl (C=O) groups excluding carboxylic acids is 1. The second-order valence-electron chi connectivity index (χ2n) is 6.03. The number of anilines is 1. The lowest BCUT2D eigenvalue weighted by Gasteiger charge is -2.07. The smallest absolute Gasteiger partial charge is 0.257 e. The fraction of sp³-hybridized carbons (Fsp3) is 0.158. The molecule has 1 aromatic heterocycles. The summed E-state index contributed by atoms with van der Waals surface area (Å²) >= 11 is 18.3. The second kappa shape index (κ2) is 7.70. The van der Waals surface area contributed by atoms with Crippen molar-refractivity contribution in [2.75, 3.05) is 5.32 Å². The summed E-state index contributed by atoms with van der Waals surface area (Å²) in [5.41, 5.74) is 3.43. The Morgan fingerprint density at radius 3 is 2.54 bits per heavy atom. The Morgan fingerprint density at radius 1 is 1.08 bits per heavy atom. The van der Waals surface area contributed by atoms with E-state index in [1.807, 2.05) is 32.0 Å². The Labute approximate surface area is 166 Å². The van der Waals surface area contributed by atoms with Crippen molar-refractivity contribution in [3.63, 3.8) is 0 Å². The number of nitrogens with one attached hydrogen (secondary N) is 1. The highest BCUT2D eigenvalue weighted by molar-refractivity contribution is 6.35. The SMILES string of the molecule is Cc1ccc(C(=O)Nc2nn(Cc3ccc(Cl)cc3Cl)cc2Cl)c(C)c1. The van der Waals surface area contributed by atoms with Crippen LogP contribution in [-0.2, 0) is 6.54 Å². The van der Waals surface area contributed by atoms with Crippen molar-refractivity contribution in [3.05, 3.63) is 79.9 Å². The average molecular weight is 409 g/mol. The van der Waals surface area contributed by atoms with Crippen LogP contribution in [0.3, 0.4) is 0 Å². The number of halogens is 3. The zero-order chi connectivity index (χ0) is 18.8. The lowest BCUT2D eigenvalue weighted by atomic mass is 10.1. The minimum absolute atomic E-state index is 0.251. The zero-order valence-corrected chi connectivity index (χ0v) is 16.5. The van der Waals surface area contributed by atoms with Gasteiger partial charge in [-0.05, 0) is 43.2 Å². The number of benzene rings is 2. The molecule has 0 bridgehead atoms. The second-order valence-corrected chi connectivity index (χ2v) is 7.28. The van der Waals surface area contributed by atoms with Gasteiger partial charge in [0.2, 0.25) is 0 Å². The van der Waals surface area contributed by atoms with Gasteiger partial charge in [-0.15, -0.1) is 0 Å². The fourth-order valence-electron chi connectivity index (χ4n) is 2.63. The molecule has 134 valence electrons. The Morgan fingerprint density at radius 2 is 1.85 bits per heavy atom. The van der Waals surface area contributed by atoms with Crippen LogP contribution in [0, 0.1) is 13.8 Å². The van der Waals surface area contributed by atoms with Crippen molar-refractivity contribution < 1.29 is 4.79 Å². The molecule has 4 nitrogen and oxygen atoms in total. The minimum atomic E-state index is -0.251. The number of amides is 1. The van der Waals surface area contributed by atoms with Gasteiger partial charge in [0, 0.05) is 21.8 Å². The van der Waals surface area contributed by atoms with Gasteiger partial charge >= 0.3 is 0 Å². The lowest BCUT2D eigenvalue weighted by molar-refractivity contribution is 0.102. The Kier molecular flexibility index (Phi) is 5.56. The number of hydrogen-bond acceptors (Lipinski definition) is 2. The molecule has 0 fully saturated rings. The molecule has 0 unspecified atom stereocenters. The van der Waals surface area contributed by atoms with Gasteiger partial charge in [0.15, 0.2) is 5.82 Å². The number of carbonyl (C=O) groups is 1. The lowest BCUT2D eigenvalue weighted by Crippen LogP contribution is -2.14. The monoisotopic (exact) mass is 407 g/mol. The van der Waals surface area contributed by atoms with Crippen molar-refractivity contribution in [3.8, 4) is 0 Å². The highest BCUT2D eigenvalue weighted by Gasteiger charge is 2.15. The molecule has 0 aliphatic rings. The van der Waals surface area contributed by atoms with Crippen LogP contribution in [0.2, 0.25) is 15.1 Å². The van der Waals surface area contributed by atoms with Gasteiger partial charge in [-0.3, -0.25) is 9.48 Å². The van der Waals surface area contributed by atoms with Crippen molar-refractivity contribution in [1.82, 2.24) is 9.78 Å². The molecule has 0 radical (unpaired) electrons. The molecular formula is C19H16Cl3N3O. The molecule has 0 spiro atoms. The van der Waals surface area contributed by atoms with E-state index in [1.165, 1.54) is 0 Å². The van der Waals surface area contributed by atoms with E-state index < -0.39 is 0 Å². The molecule has 2 aromatic carbocycles. The Balaban J connectivity index is 1.78. The molecule has 3 rings (SSSR count). The molecule has 1 N–H and O–H groups in total. The van der Waals surface area contributed by atoms with Crippen LogP contribution in [0.25, 0.3) is 0 Å². The van der Waals surface area contributed by atoms with E-state index in [0.717, 1.165) is 16.7 Å². The topological polar surface area (TPSA) is 46.9 Å². The Bertz CT molecular complexity index is 982. The van der Waals surface area contributed by atoms with Crippen LogP contribution in [0.1, 0.15) is 27.0 Å². The molecule has 0 saturated heterocycles. The fourth-order valence-corrected chi connectivity index (χ4v) is 3.30. The van der Waals surface area contributed by atoms with Crippen molar-refractivity contribution >= 4 is 46.5 Å². The molecular weight excluding hydrogens is 393 g/mol. The van der Waals surface area contributed by atoms with Crippen LogP contribution in [0.15, 0.2) is 42.6 Å². The molecule has 3 aromatic rings. The molecule has 1 amide bonds. The van der Waals surface area contributed by atoms with Crippen molar-refractivity contribution in [2.45, 2.75) is 20.4 Å². The van der Waals surface area contributed by atoms with Crippen LogP contribution in [0.4, 0.5) is 5.82 Å². The van der Waals surface area contributed by atoms with Gasteiger partial charge in [-0.1, -0.05) is 58.6 Å². The van der Waals surface area contributed by atoms with E-state index in [4.69, 9.17) is 34.8 Å².